The van der Waals surface area contributed by atoms with Gasteiger partial charge < -0.3 is 15.2 Å². The van der Waals surface area contributed by atoms with E-state index >= 15 is 0 Å². The lowest BCUT2D eigenvalue weighted by Crippen LogP contribution is -2.48. The van der Waals surface area contributed by atoms with Gasteiger partial charge in [-0.2, -0.15) is 0 Å². The van der Waals surface area contributed by atoms with Crippen molar-refractivity contribution in [1.29, 1.82) is 0 Å². The first-order chi connectivity index (χ1) is 8.63. The van der Waals surface area contributed by atoms with Crippen LogP contribution in [0.25, 0.3) is 0 Å². The molecule has 0 aromatic carbocycles. The Balaban J connectivity index is 2.33. The standard InChI is InChI=1S/C14H30N2O2/c1-4-18-11-14(17)10-16(12(2)3)9-13-7-5-6-8-15-13/h12-15,17H,4-11H2,1-3H3. The number of hydrogen-bond donors (Lipinski definition) is 2. The fraction of sp³-hybridized carbons (Fsp3) is 1.00. The van der Waals surface area contributed by atoms with Crippen molar-refractivity contribution >= 4 is 0 Å². The summed E-state index contributed by atoms with van der Waals surface area (Å²) in [6.45, 7) is 10.3. The molecule has 0 saturated carbocycles. The Morgan fingerprint density at radius 1 is 1.39 bits per heavy atom. The average Bonchev–Trinajstić information content (AvgIpc) is 2.36. The molecule has 4 nitrogen and oxygen atoms in total. The molecule has 0 bridgehead atoms. The Morgan fingerprint density at radius 2 is 2.17 bits per heavy atom. The van der Waals surface area contributed by atoms with Crippen LogP contribution in [0, 0.1) is 0 Å². The molecule has 1 aliphatic rings. The van der Waals surface area contributed by atoms with Gasteiger partial charge in [-0.3, -0.25) is 4.90 Å². The van der Waals surface area contributed by atoms with Crippen LogP contribution in [-0.2, 0) is 4.74 Å². The first-order valence-electron chi connectivity index (χ1n) is 7.36. The second-order valence-corrected chi connectivity index (χ2v) is 5.51. The zero-order valence-corrected chi connectivity index (χ0v) is 12.2. The molecule has 1 aliphatic heterocycles. The van der Waals surface area contributed by atoms with Crippen LogP contribution in [0.15, 0.2) is 0 Å². The molecule has 0 spiro atoms. The van der Waals surface area contributed by atoms with Gasteiger partial charge in [0.25, 0.3) is 0 Å². The quantitative estimate of drug-likeness (QED) is 0.687. The number of aliphatic hydroxyl groups excluding tert-OH is 1. The first kappa shape index (κ1) is 15.9. The van der Waals surface area contributed by atoms with Crippen LogP contribution in [0.1, 0.15) is 40.0 Å². The molecule has 2 unspecified atom stereocenters. The topological polar surface area (TPSA) is 44.7 Å². The smallest absolute Gasteiger partial charge is 0.0900 e. The number of hydrogen-bond acceptors (Lipinski definition) is 4. The lowest BCUT2D eigenvalue weighted by atomic mass is 10.0. The van der Waals surface area contributed by atoms with Crippen molar-refractivity contribution in [3.05, 3.63) is 0 Å². The maximum Gasteiger partial charge on any atom is 0.0900 e. The van der Waals surface area contributed by atoms with E-state index in [0.29, 0.717) is 31.8 Å². The molecule has 0 radical (unpaired) electrons. The van der Waals surface area contributed by atoms with E-state index < -0.39 is 0 Å². The van der Waals surface area contributed by atoms with E-state index in [1.54, 1.807) is 0 Å². The van der Waals surface area contributed by atoms with Crippen LogP contribution in [0.5, 0.6) is 0 Å². The molecule has 1 fully saturated rings. The normalized spacial score (nSPS) is 22.7. The van der Waals surface area contributed by atoms with E-state index in [1.165, 1.54) is 19.3 Å². The maximum absolute atomic E-state index is 9.94. The van der Waals surface area contributed by atoms with Crippen molar-refractivity contribution in [3.8, 4) is 0 Å². The summed E-state index contributed by atoms with van der Waals surface area (Å²) in [4.78, 5) is 2.35. The second-order valence-electron chi connectivity index (χ2n) is 5.51. The van der Waals surface area contributed by atoms with Gasteiger partial charge in [0.2, 0.25) is 0 Å². The summed E-state index contributed by atoms with van der Waals surface area (Å²) in [6.07, 6.45) is 3.50. The molecule has 2 N–H and O–H groups in total. The van der Waals surface area contributed by atoms with Crippen LogP contribution in [0.2, 0.25) is 0 Å². The van der Waals surface area contributed by atoms with Crippen molar-refractivity contribution in [1.82, 2.24) is 10.2 Å². The van der Waals surface area contributed by atoms with Crippen LogP contribution < -0.4 is 5.32 Å². The lowest BCUT2D eigenvalue weighted by Gasteiger charge is -2.34. The Hall–Kier alpha value is -0.160. The highest BCUT2D eigenvalue weighted by molar-refractivity contribution is 4.79. The number of piperidine rings is 1. The van der Waals surface area contributed by atoms with E-state index in [4.69, 9.17) is 4.74 Å². The predicted molar refractivity (Wildman–Crippen MR) is 74.9 cm³/mol. The molecule has 0 aromatic rings. The minimum atomic E-state index is -0.379. The molecule has 4 heteroatoms. The highest BCUT2D eigenvalue weighted by atomic mass is 16.5. The van der Waals surface area contributed by atoms with Crippen molar-refractivity contribution < 1.29 is 9.84 Å². The van der Waals surface area contributed by atoms with Gasteiger partial charge in [0.05, 0.1) is 12.7 Å². The van der Waals surface area contributed by atoms with Gasteiger partial charge in [-0.05, 0) is 40.2 Å². The van der Waals surface area contributed by atoms with E-state index in [1.807, 2.05) is 6.92 Å². The first-order valence-corrected chi connectivity index (χ1v) is 7.36. The van der Waals surface area contributed by atoms with Crippen LogP contribution in [-0.4, -0.2) is 61.0 Å². The third kappa shape index (κ3) is 6.14. The van der Waals surface area contributed by atoms with Crippen LogP contribution in [0.4, 0.5) is 0 Å². The zero-order chi connectivity index (χ0) is 13.4. The fourth-order valence-electron chi connectivity index (χ4n) is 2.44. The number of nitrogens with one attached hydrogen (secondary N) is 1. The third-order valence-corrected chi connectivity index (χ3v) is 3.56. The van der Waals surface area contributed by atoms with Gasteiger partial charge in [-0.1, -0.05) is 6.42 Å². The molecule has 0 aromatic heterocycles. The molecule has 1 heterocycles. The highest BCUT2D eigenvalue weighted by Crippen LogP contribution is 2.11. The summed E-state index contributed by atoms with van der Waals surface area (Å²) in [6, 6.07) is 1.05. The van der Waals surface area contributed by atoms with Crippen molar-refractivity contribution in [3.63, 3.8) is 0 Å². The Labute approximate surface area is 112 Å². The average molecular weight is 258 g/mol. The highest BCUT2D eigenvalue weighted by Gasteiger charge is 2.20. The minimum absolute atomic E-state index is 0.379. The molecular formula is C14H30N2O2. The summed E-state index contributed by atoms with van der Waals surface area (Å²) in [5.74, 6) is 0. The number of nitrogens with zero attached hydrogens (tertiary/aromatic N) is 1. The van der Waals surface area contributed by atoms with Crippen LogP contribution in [0.3, 0.4) is 0 Å². The van der Waals surface area contributed by atoms with Crippen molar-refractivity contribution in [2.45, 2.75) is 58.2 Å². The Bertz CT molecular complexity index is 206. The maximum atomic E-state index is 9.94. The van der Waals surface area contributed by atoms with Gasteiger partial charge in [0.15, 0.2) is 0 Å². The number of rotatable bonds is 8. The van der Waals surface area contributed by atoms with E-state index in [2.05, 4.69) is 24.1 Å². The third-order valence-electron chi connectivity index (χ3n) is 3.56. The van der Waals surface area contributed by atoms with Crippen molar-refractivity contribution in [2.75, 3.05) is 32.8 Å². The molecule has 108 valence electrons. The van der Waals surface area contributed by atoms with Gasteiger partial charge in [0, 0.05) is 31.8 Å². The molecule has 0 amide bonds. The van der Waals surface area contributed by atoms with E-state index in [9.17, 15) is 5.11 Å². The van der Waals surface area contributed by atoms with E-state index in [0.717, 1.165) is 13.1 Å². The van der Waals surface area contributed by atoms with Crippen molar-refractivity contribution in [2.24, 2.45) is 0 Å². The summed E-state index contributed by atoms with van der Waals surface area (Å²) in [7, 11) is 0. The lowest BCUT2D eigenvalue weighted by molar-refractivity contribution is 0.0125. The second kappa shape index (κ2) is 8.86. The largest absolute Gasteiger partial charge is 0.389 e. The predicted octanol–water partition coefficient (Wildman–Crippen LogP) is 1.24. The zero-order valence-electron chi connectivity index (χ0n) is 12.2. The minimum Gasteiger partial charge on any atom is -0.389 e. The SMILES string of the molecule is CCOCC(O)CN(CC1CCCCN1)C(C)C. The molecule has 1 rings (SSSR count). The van der Waals surface area contributed by atoms with Crippen LogP contribution >= 0.6 is 0 Å². The summed E-state index contributed by atoms with van der Waals surface area (Å²) < 4.78 is 5.27. The van der Waals surface area contributed by atoms with E-state index in [-0.39, 0.29) is 6.10 Å². The number of aliphatic hydroxyl groups is 1. The Kier molecular flexibility index (Phi) is 7.82. The van der Waals surface area contributed by atoms with Gasteiger partial charge in [-0.25, -0.2) is 0 Å². The monoisotopic (exact) mass is 258 g/mol. The van der Waals surface area contributed by atoms with Gasteiger partial charge in [0.1, 0.15) is 0 Å². The molecule has 1 saturated heterocycles. The summed E-state index contributed by atoms with van der Waals surface area (Å²) in [5.41, 5.74) is 0. The fourth-order valence-corrected chi connectivity index (χ4v) is 2.44. The molecule has 2 atom stereocenters. The Morgan fingerprint density at radius 3 is 2.72 bits per heavy atom. The summed E-state index contributed by atoms with van der Waals surface area (Å²) >= 11 is 0. The molecule has 0 aliphatic carbocycles. The molecular weight excluding hydrogens is 228 g/mol. The summed E-state index contributed by atoms with van der Waals surface area (Å²) in [5, 5.41) is 13.5. The van der Waals surface area contributed by atoms with Gasteiger partial charge >= 0.3 is 0 Å². The number of ether oxygens (including phenoxy) is 1. The molecule has 18 heavy (non-hydrogen) atoms. The van der Waals surface area contributed by atoms with Gasteiger partial charge in [-0.15, -0.1) is 0 Å².